The molecule has 1 aromatic rings. The molecule has 5 nitrogen and oxygen atoms in total. The van der Waals surface area contributed by atoms with Crippen molar-refractivity contribution in [3.63, 3.8) is 0 Å². The van der Waals surface area contributed by atoms with E-state index < -0.39 is 17.8 Å². The zero-order valence-electron chi connectivity index (χ0n) is 10.6. The normalized spacial score (nSPS) is 19.2. The third kappa shape index (κ3) is 2.52. The second-order valence-corrected chi connectivity index (χ2v) is 4.45. The number of hydrogen-bond acceptors (Lipinski definition) is 3. The molecule has 1 unspecified atom stereocenters. The van der Waals surface area contributed by atoms with Crippen LogP contribution in [0.1, 0.15) is 23.7 Å². The first-order chi connectivity index (χ1) is 9.04. The number of anilines is 1. The predicted octanol–water partition coefficient (Wildman–Crippen LogP) is 0.758. The summed E-state index contributed by atoms with van der Waals surface area (Å²) in [7, 11) is 0. The van der Waals surface area contributed by atoms with Crippen LogP contribution in [0.4, 0.5) is 10.1 Å². The smallest absolute Gasteiger partial charge is 0.256 e. The molecule has 0 aliphatic carbocycles. The Hall–Kier alpha value is -2.11. The number of hydrogen-bond donors (Lipinski definition) is 2. The molecule has 0 radical (unpaired) electrons. The predicted molar refractivity (Wildman–Crippen MR) is 68.9 cm³/mol. The Labute approximate surface area is 110 Å². The first kappa shape index (κ1) is 13.3. The number of carbonyl (C=O) groups is 2. The molecule has 19 heavy (non-hydrogen) atoms. The number of carbonyl (C=O) groups excluding carboxylic acids is 2. The van der Waals surface area contributed by atoms with Crippen LogP contribution in [0.2, 0.25) is 0 Å². The Morgan fingerprint density at radius 3 is 3.00 bits per heavy atom. The highest BCUT2D eigenvalue weighted by atomic mass is 19.1. The standard InChI is InChI=1S/C13H16FN3O2/c1-2-11-12(18)16-5-6-17(11)13(19)9-7-8(14)3-4-10(9)15/h3-4,7,11H,2,5-6,15H2,1H3,(H,16,18). The van der Waals surface area contributed by atoms with Crippen molar-refractivity contribution in [2.75, 3.05) is 18.8 Å². The largest absolute Gasteiger partial charge is 0.398 e. The van der Waals surface area contributed by atoms with Gasteiger partial charge < -0.3 is 16.0 Å². The fourth-order valence-electron chi connectivity index (χ4n) is 2.23. The molecular weight excluding hydrogens is 249 g/mol. The van der Waals surface area contributed by atoms with Gasteiger partial charge in [0, 0.05) is 18.8 Å². The van der Waals surface area contributed by atoms with Crippen LogP contribution in [0.5, 0.6) is 0 Å². The van der Waals surface area contributed by atoms with Gasteiger partial charge in [0.2, 0.25) is 5.91 Å². The van der Waals surface area contributed by atoms with Gasteiger partial charge in [-0.3, -0.25) is 9.59 Å². The molecule has 1 atom stereocenters. The third-order valence-corrected chi connectivity index (χ3v) is 3.22. The molecule has 1 fully saturated rings. The molecule has 6 heteroatoms. The van der Waals surface area contributed by atoms with Crippen LogP contribution >= 0.6 is 0 Å². The van der Waals surface area contributed by atoms with E-state index in [1.54, 1.807) is 0 Å². The number of nitrogens with one attached hydrogen (secondary N) is 1. The number of nitrogens with two attached hydrogens (primary N) is 1. The topological polar surface area (TPSA) is 75.4 Å². The summed E-state index contributed by atoms with van der Waals surface area (Å²) in [6.07, 6.45) is 0.507. The maximum absolute atomic E-state index is 13.2. The maximum atomic E-state index is 13.2. The SMILES string of the molecule is CCC1C(=O)NCCN1C(=O)c1cc(F)ccc1N. The van der Waals surface area contributed by atoms with E-state index in [1.165, 1.54) is 17.0 Å². The van der Waals surface area contributed by atoms with Crippen LogP contribution in [0, 0.1) is 5.82 Å². The Morgan fingerprint density at radius 1 is 1.58 bits per heavy atom. The summed E-state index contributed by atoms with van der Waals surface area (Å²) in [5.74, 6) is -1.11. The van der Waals surface area contributed by atoms with Gasteiger partial charge >= 0.3 is 0 Å². The van der Waals surface area contributed by atoms with Crippen LogP contribution in [0.3, 0.4) is 0 Å². The van der Waals surface area contributed by atoms with Gasteiger partial charge in [0.1, 0.15) is 11.9 Å². The van der Waals surface area contributed by atoms with Gasteiger partial charge in [0.25, 0.3) is 5.91 Å². The summed E-state index contributed by atoms with van der Waals surface area (Å²) >= 11 is 0. The maximum Gasteiger partial charge on any atom is 0.256 e. The summed E-state index contributed by atoms with van der Waals surface area (Å²) in [5.41, 5.74) is 6.02. The van der Waals surface area contributed by atoms with E-state index in [2.05, 4.69) is 5.32 Å². The Balaban J connectivity index is 2.32. The fourth-order valence-corrected chi connectivity index (χ4v) is 2.23. The zero-order chi connectivity index (χ0) is 14.0. The van der Waals surface area contributed by atoms with E-state index in [1.807, 2.05) is 6.92 Å². The molecule has 3 N–H and O–H groups in total. The number of nitrogen functional groups attached to an aromatic ring is 1. The van der Waals surface area contributed by atoms with E-state index in [4.69, 9.17) is 5.73 Å². The van der Waals surface area contributed by atoms with Crippen molar-refractivity contribution in [2.24, 2.45) is 0 Å². The number of nitrogens with zero attached hydrogens (tertiary/aromatic N) is 1. The molecule has 1 aromatic carbocycles. The number of halogens is 1. The Bertz CT molecular complexity index is 519. The Kier molecular flexibility index (Phi) is 3.69. The quantitative estimate of drug-likeness (QED) is 0.775. The van der Waals surface area contributed by atoms with Gasteiger partial charge in [-0.15, -0.1) is 0 Å². The zero-order valence-corrected chi connectivity index (χ0v) is 10.6. The van der Waals surface area contributed by atoms with Crippen molar-refractivity contribution < 1.29 is 14.0 Å². The van der Waals surface area contributed by atoms with Crippen LogP contribution in [-0.4, -0.2) is 35.8 Å². The number of benzene rings is 1. The van der Waals surface area contributed by atoms with Gasteiger partial charge in [0.15, 0.2) is 0 Å². The van der Waals surface area contributed by atoms with Gasteiger partial charge in [-0.1, -0.05) is 6.92 Å². The first-order valence-corrected chi connectivity index (χ1v) is 6.18. The van der Waals surface area contributed by atoms with Gasteiger partial charge in [-0.25, -0.2) is 4.39 Å². The minimum Gasteiger partial charge on any atom is -0.398 e. The van der Waals surface area contributed by atoms with E-state index in [9.17, 15) is 14.0 Å². The second-order valence-electron chi connectivity index (χ2n) is 4.45. The van der Waals surface area contributed by atoms with E-state index in [0.29, 0.717) is 19.5 Å². The van der Waals surface area contributed by atoms with Crippen LogP contribution in [-0.2, 0) is 4.79 Å². The lowest BCUT2D eigenvalue weighted by atomic mass is 10.1. The summed E-state index contributed by atoms with van der Waals surface area (Å²) in [6.45, 7) is 2.63. The number of piperazine rings is 1. The van der Waals surface area contributed by atoms with Crippen molar-refractivity contribution in [1.82, 2.24) is 10.2 Å². The number of amides is 2. The molecule has 2 amide bonds. The van der Waals surface area contributed by atoms with Crippen molar-refractivity contribution >= 4 is 17.5 Å². The highest BCUT2D eigenvalue weighted by molar-refractivity contribution is 6.01. The van der Waals surface area contributed by atoms with Crippen molar-refractivity contribution in [2.45, 2.75) is 19.4 Å². The molecule has 102 valence electrons. The lowest BCUT2D eigenvalue weighted by Gasteiger charge is -2.34. The Morgan fingerprint density at radius 2 is 2.32 bits per heavy atom. The van der Waals surface area contributed by atoms with E-state index in [0.717, 1.165) is 6.07 Å². The summed E-state index contributed by atoms with van der Waals surface area (Å²) in [4.78, 5) is 25.5. The molecule has 0 bridgehead atoms. The summed E-state index contributed by atoms with van der Waals surface area (Å²) in [5, 5.41) is 2.71. The van der Waals surface area contributed by atoms with Gasteiger partial charge in [-0.2, -0.15) is 0 Å². The second kappa shape index (κ2) is 5.26. The van der Waals surface area contributed by atoms with Crippen LogP contribution < -0.4 is 11.1 Å². The molecule has 2 rings (SSSR count). The van der Waals surface area contributed by atoms with Crippen LogP contribution in [0.15, 0.2) is 18.2 Å². The fraction of sp³-hybridized carbons (Fsp3) is 0.385. The lowest BCUT2D eigenvalue weighted by Crippen LogP contribution is -2.57. The number of rotatable bonds is 2. The minimum atomic E-state index is -0.524. The average molecular weight is 265 g/mol. The van der Waals surface area contributed by atoms with Crippen molar-refractivity contribution in [3.8, 4) is 0 Å². The van der Waals surface area contributed by atoms with E-state index >= 15 is 0 Å². The van der Waals surface area contributed by atoms with Crippen molar-refractivity contribution in [3.05, 3.63) is 29.6 Å². The summed E-state index contributed by atoms with van der Waals surface area (Å²) < 4.78 is 13.2. The molecular formula is C13H16FN3O2. The minimum absolute atomic E-state index is 0.105. The highest BCUT2D eigenvalue weighted by Crippen LogP contribution is 2.19. The first-order valence-electron chi connectivity index (χ1n) is 6.18. The monoisotopic (exact) mass is 265 g/mol. The summed E-state index contributed by atoms with van der Waals surface area (Å²) in [6, 6.07) is 3.14. The van der Waals surface area contributed by atoms with Crippen molar-refractivity contribution in [1.29, 1.82) is 0 Å². The molecule has 1 aliphatic rings. The molecule has 1 heterocycles. The molecule has 0 aromatic heterocycles. The molecule has 1 aliphatic heterocycles. The van der Waals surface area contributed by atoms with Gasteiger partial charge in [0.05, 0.1) is 5.56 Å². The highest BCUT2D eigenvalue weighted by Gasteiger charge is 2.32. The third-order valence-electron chi connectivity index (χ3n) is 3.22. The lowest BCUT2D eigenvalue weighted by molar-refractivity contribution is -0.127. The molecule has 0 saturated carbocycles. The average Bonchev–Trinajstić information content (AvgIpc) is 2.40. The molecule has 0 spiro atoms. The van der Waals surface area contributed by atoms with Crippen LogP contribution in [0.25, 0.3) is 0 Å². The van der Waals surface area contributed by atoms with Gasteiger partial charge in [-0.05, 0) is 24.6 Å². The molecule has 1 saturated heterocycles. The van der Waals surface area contributed by atoms with E-state index in [-0.39, 0.29) is 17.2 Å².